The van der Waals surface area contributed by atoms with Gasteiger partial charge in [-0.05, 0) is 37.7 Å². The number of aliphatic hydroxyl groups is 1. The molecular weight excluding hydrogens is 422 g/mol. The van der Waals surface area contributed by atoms with Gasteiger partial charge in [0.1, 0.15) is 11.6 Å². The number of carbonyl (C=O) groups excluding carboxylic acids is 1. The van der Waals surface area contributed by atoms with Gasteiger partial charge in [-0.25, -0.2) is 0 Å². The lowest BCUT2D eigenvalue weighted by atomic mass is 9.47. The Balaban J connectivity index is 1.50. The summed E-state index contributed by atoms with van der Waals surface area (Å²) in [4.78, 5) is 16.1. The number of Topliss-reactive ketones (excluding diaryl/α,β-unsaturated/α-hetero) is 1. The Hall–Kier alpha value is -1.38. The Kier molecular flexibility index (Phi) is 3.66. The fraction of sp³-hybridized carbons (Fsp3) is 0.696. The van der Waals surface area contributed by atoms with Crippen molar-refractivity contribution in [3.05, 3.63) is 22.2 Å². The molecule has 8 heteroatoms. The molecule has 7 rings (SSSR count). The molecule has 2 saturated heterocycles. The highest BCUT2D eigenvalue weighted by atomic mass is 35.5. The maximum absolute atomic E-state index is 13.9. The van der Waals surface area contributed by atoms with Gasteiger partial charge in [-0.15, -0.1) is 0 Å². The maximum atomic E-state index is 13.9. The summed E-state index contributed by atoms with van der Waals surface area (Å²) in [6.45, 7) is 2.57. The van der Waals surface area contributed by atoms with E-state index in [0.29, 0.717) is 60.5 Å². The van der Waals surface area contributed by atoms with Crippen molar-refractivity contribution in [2.45, 2.75) is 61.1 Å². The molecule has 3 aliphatic carbocycles. The predicted molar refractivity (Wildman–Crippen MR) is 110 cm³/mol. The van der Waals surface area contributed by atoms with Crippen LogP contribution in [0.5, 0.6) is 11.5 Å². The average molecular weight is 448 g/mol. The SMILES string of the molecule is COc1c(Cl)cc2c3c1O[C@H]1C4(CC[C@@]5(O)[C@@H](C2=O)N(CC2CC2)CC[C@]315)OCCO4. The number of benzene rings is 1. The van der Waals surface area contributed by atoms with Gasteiger partial charge in [0.25, 0.3) is 0 Å². The Morgan fingerprint density at radius 3 is 2.74 bits per heavy atom. The first-order valence-corrected chi connectivity index (χ1v) is 11.7. The zero-order valence-corrected chi connectivity index (χ0v) is 18.2. The quantitative estimate of drug-likeness (QED) is 0.761. The fourth-order valence-electron chi connectivity index (χ4n) is 7.26. The smallest absolute Gasteiger partial charge is 0.207 e. The Morgan fingerprint density at radius 1 is 1.26 bits per heavy atom. The molecule has 7 nitrogen and oxygen atoms in total. The average Bonchev–Trinajstić information content (AvgIpc) is 3.31. The molecule has 6 aliphatic rings. The van der Waals surface area contributed by atoms with Crippen LogP contribution in [0.25, 0.3) is 0 Å². The number of hydrogen-bond acceptors (Lipinski definition) is 7. The summed E-state index contributed by atoms with van der Waals surface area (Å²) < 4.78 is 24.5. The van der Waals surface area contributed by atoms with Gasteiger partial charge >= 0.3 is 0 Å². The van der Waals surface area contributed by atoms with Gasteiger partial charge in [-0.3, -0.25) is 9.69 Å². The van der Waals surface area contributed by atoms with E-state index in [9.17, 15) is 9.90 Å². The van der Waals surface area contributed by atoms with Crippen molar-refractivity contribution in [2.75, 3.05) is 33.4 Å². The molecule has 3 heterocycles. The molecule has 166 valence electrons. The van der Waals surface area contributed by atoms with E-state index in [0.717, 1.165) is 18.7 Å². The van der Waals surface area contributed by atoms with Crippen LogP contribution in [0.1, 0.15) is 48.0 Å². The molecule has 2 bridgehead atoms. The molecule has 4 fully saturated rings. The molecule has 31 heavy (non-hydrogen) atoms. The first-order chi connectivity index (χ1) is 15.0. The number of nitrogens with zero attached hydrogens (tertiary/aromatic N) is 1. The van der Waals surface area contributed by atoms with E-state index >= 15 is 0 Å². The zero-order valence-electron chi connectivity index (χ0n) is 17.5. The van der Waals surface area contributed by atoms with Crippen LogP contribution >= 0.6 is 11.6 Å². The largest absolute Gasteiger partial charge is 0.491 e. The molecule has 4 atom stereocenters. The lowest BCUT2D eigenvalue weighted by Crippen LogP contribution is -2.80. The number of rotatable bonds is 3. The summed E-state index contributed by atoms with van der Waals surface area (Å²) in [5.41, 5.74) is -0.753. The number of halogens is 1. The Labute approximate surface area is 185 Å². The Morgan fingerprint density at radius 2 is 2.03 bits per heavy atom. The van der Waals surface area contributed by atoms with Gasteiger partial charge in [-0.2, -0.15) is 0 Å². The molecular formula is C23H26ClNO6. The summed E-state index contributed by atoms with van der Waals surface area (Å²) >= 11 is 6.55. The normalized spacial score (nSPS) is 39.5. The molecule has 0 aromatic heterocycles. The van der Waals surface area contributed by atoms with Gasteiger partial charge < -0.3 is 24.1 Å². The lowest BCUT2D eigenvalue weighted by Gasteiger charge is -2.64. The van der Waals surface area contributed by atoms with Crippen LogP contribution in [0.3, 0.4) is 0 Å². The molecule has 0 amide bonds. The highest BCUT2D eigenvalue weighted by Gasteiger charge is 2.79. The minimum absolute atomic E-state index is 0.0623. The summed E-state index contributed by atoms with van der Waals surface area (Å²) in [5.74, 6) is 0.508. The second-order valence-corrected chi connectivity index (χ2v) is 10.4. The number of carbonyl (C=O) groups is 1. The molecule has 0 radical (unpaired) electrons. The van der Waals surface area contributed by atoms with Crippen LogP contribution in [-0.4, -0.2) is 72.7 Å². The van der Waals surface area contributed by atoms with Crippen LogP contribution in [0, 0.1) is 5.92 Å². The van der Waals surface area contributed by atoms with Crippen molar-refractivity contribution in [2.24, 2.45) is 5.92 Å². The van der Waals surface area contributed by atoms with Gasteiger partial charge in [0.2, 0.25) is 5.79 Å². The van der Waals surface area contributed by atoms with E-state index in [1.54, 1.807) is 13.2 Å². The minimum atomic E-state index is -1.25. The van der Waals surface area contributed by atoms with Crippen molar-refractivity contribution in [1.29, 1.82) is 0 Å². The van der Waals surface area contributed by atoms with E-state index < -0.39 is 28.9 Å². The Bertz CT molecular complexity index is 1000. The summed E-state index contributed by atoms with van der Waals surface area (Å²) in [7, 11) is 1.54. The first-order valence-electron chi connectivity index (χ1n) is 11.3. The van der Waals surface area contributed by atoms with Crippen LogP contribution in [-0.2, 0) is 14.9 Å². The van der Waals surface area contributed by atoms with Crippen molar-refractivity contribution >= 4 is 17.4 Å². The fourth-order valence-corrected chi connectivity index (χ4v) is 7.53. The predicted octanol–water partition coefficient (Wildman–Crippen LogP) is 2.30. The van der Waals surface area contributed by atoms with E-state index in [4.69, 9.17) is 30.5 Å². The summed E-state index contributed by atoms with van der Waals surface area (Å²) in [6.07, 6.45) is 3.41. The standard InChI is InChI=1S/C23H26ClNO6/c1-28-17-14(24)10-13-15-18(17)31-20-21(15)6-7-25(11-12-2-3-12)19(16(13)26)22(21,27)4-5-23(20)29-8-9-30-23/h10,12,19-20,27H,2-9,11H2,1H3/t19-,20-,21+,22-/m1/s1. The van der Waals surface area contributed by atoms with Crippen LogP contribution in [0.2, 0.25) is 5.02 Å². The van der Waals surface area contributed by atoms with Gasteiger partial charge in [0, 0.05) is 30.6 Å². The van der Waals surface area contributed by atoms with Crippen molar-refractivity contribution in [3.8, 4) is 11.5 Å². The number of likely N-dealkylation sites (tertiary alicyclic amines) is 1. The van der Waals surface area contributed by atoms with Crippen molar-refractivity contribution in [1.82, 2.24) is 4.90 Å². The third-order valence-electron chi connectivity index (χ3n) is 8.64. The molecule has 2 saturated carbocycles. The second-order valence-electron chi connectivity index (χ2n) is 10.0. The summed E-state index contributed by atoms with van der Waals surface area (Å²) in [6, 6.07) is 1.11. The van der Waals surface area contributed by atoms with Gasteiger partial charge in [0.15, 0.2) is 23.4 Å². The van der Waals surface area contributed by atoms with Gasteiger partial charge in [-0.1, -0.05) is 11.6 Å². The molecule has 1 N–H and O–H groups in total. The number of fused-ring (bicyclic) bond motifs is 1. The van der Waals surface area contributed by atoms with Gasteiger partial charge in [0.05, 0.1) is 30.8 Å². The maximum Gasteiger partial charge on any atom is 0.207 e. The molecule has 1 aromatic rings. The van der Waals surface area contributed by atoms with Crippen molar-refractivity contribution in [3.63, 3.8) is 0 Å². The summed E-state index contributed by atoms with van der Waals surface area (Å²) in [5, 5.41) is 12.8. The third-order valence-corrected chi connectivity index (χ3v) is 8.92. The third kappa shape index (κ3) is 2.09. The van der Waals surface area contributed by atoms with E-state index in [2.05, 4.69) is 4.90 Å². The highest BCUT2D eigenvalue weighted by molar-refractivity contribution is 6.33. The number of hydrogen-bond donors (Lipinski definition) is 1. The molecule has 0 unspecified atom stereocenters. The number of methoxy groups -OCH3 is 1. The zero-order chi connectivity index (χ0) is 21.2. The first kappa shape index (κ1) is 19.1. The van der Waals surface area contributed by atoms with E-state index in [1.165, 1.54) is 12.8 Å². The minimum Gasteiger partial charge on any atom is -0.491 e. The van der Waals surface area contributed by atoms with E-state index in [-0.39, 0.29) is 5.78 Å². The highest BCUT2D eigenvalue weighted by Crippen LogP contribution is 2.68. The second kappa shape index (κ2) is 5.94. The number of ketones is 1. The topological polar surface area (TPSA) is 77.5 Å². The molecule has 3 aliphatic heterocycles. The van der Waals surface area contributed by atoms with Crippen LogP contribution in [0.15, 0.2) is 6.07 Å². The van der Waals surface area contributed by atoms with Crippen molar-refractivity contribution < 1.29 is 28.8 Å². The molecule has 1 aromatic carbocycles. The monoisotopic (exact) mass is 447 g/mol. The van der Waals surface area contributed by atoms with E-state index in [1.807, 2.05) is 0 Å². The number of ether oxygens (including phenoxy) is 4. The van der Waals surface area contributed by atoms with Crippen LogP contribution < -0.4 is 9.47 Å². The molecule has 2 spiro atoms. The number of piperidine rings is 1. The van der Waals surface area contributed by atoms with Crippen LogP contribution in [0.4, 0.5) is 0 Å². The lowest BCUT2D eigenvalue weighted by molar-refractivity contribution is -0.292.